The Morgan fingerprint density at radius 2 is 1.91 bits per heavy atom. The molecule has 0 N–H and O–H groups in total. The van der Waals surface area contributed by atoms with Crippen LogP contribution in [0.3, 0.4) is 0 Å². The fourth-order valence-electron chi connectivity index (χ4n) is 3.25. The number of rotatable bonds is 3. The molecule has 2 aromatic rings. The number of nitriles is 1. The lowest BCUT2D eigenvalue weighted by Crippen LogP contribution is -2.34. The van der Waals surface area contributed by atoms with Crippen LogP contribution in [0.15, 0.2) is 48.5 Å². The number of aryl methyl sites for hydroxylation is 1. The van der Waals surface area contributed by atoms with E-state index in [-0.39, 0.29) is 5.92 Å². The SMILES string of the molecule is Cc1ccccc1-c1ccc(CN2CCC[C@H](C#N)C2)cc1. The van der Waals surface area contributed by atoms with Crippen LogP contribution in [0.25, 0.3) is 11.1 Å². The molecule has 0 spiro atoms. The fourth-order valence-corrected chi connectivity index (χ4v) is 3.25. The highest BCUT2D eigenvalue weighted by atomic mass is 15.1. The summed E-state index contributed by atoms with van der Waals surface area (Å²) in [6, 6.07) is 19.8. The number of piperidine rings is 1. The third kappa shape index (κ3) is 3.37. The molecule has 2 nitrogen and oxygen atoms in total. The molecule has 1 saturated heterocycles. The first-order chi connectivity index (χ1) is 10.8. The van der Waals surface area contributed by atoms with Crippen LogP contribution in [0.1, 0.15) is 24.0 Å². The minimum Gasteiger partial charge on any atom is -0.298 e. The van der Waals surface area contributed by atoms with Crippen molar-refractivity contribution >= 4 is 0 Å². The molecule has 0 saturated carbocycles. The molecule has 1 atom stereocenters. The molecule has 1 aliphatic rings. The Balaban J connectivity index is 1.70. The molecular formula is C20H22N2. The summed E-state index contributed by atoms with van der Waals surface area (Å²) in [4.78, 5) is 2.40. The van der Waals surface area contributed by atoms with Gasteiger partial charge >= 0.3 is 0 Å². The van der Waals surface area contributed by atoms with Crippen LogP contribution in [0.2, 0.25) is 0 Å². The lowest BCUT2D eigenvalue weighted by molar-refractivity contribution is 0.192. The second-order valence-corrected chi connectivity index (χ2v) is 6.22. The van der Waals surface area contributed by atoms with Crippen molar-refractivity contribution in [3.63, 3.8) is 0 Å². The van der Waals surface area contributed by atoms with Gasteiger partial charge in [-0.05, 0) is 48.6 Å². The zero-order valence-electron chi connectivity index (χ0n) is 13.1. The van der Waals surface area contributed by atoms with E-state index in [2.05, 4.69) is 66.4 Å². The molecule has 0 unspecified atom stereocenters. The molecule has 2 heteroatoms. The summed E-state index contributed by atoms with van der Waals surface area (Å²) < 4.78 is 0. The van der Waals surface area contributed by atoms with Crippen molar-refractivity contribution in [3.8, 4) is 17.2 Å². The van der Waals surface area contributed by atoms with Gasteiger partial charge in [0.1, 0.15) is 0 Å². The number of hydrogen-bond acceptors (Lipinski definition) is 2. The Morgan fingerprint density at radius 1 is 1.14 bits per heavy atom. The number of likely N-dealkylation sites (tertiary alicyclic amines) is 1. The highest BCUT2D eigenvalue weighted by Gasteiger charge is 2.19. The third-order valence-corrected chi connectivity index (χ3v) is 4.50. The van der Waals surface area contributed by atoms with Gasteiger partial charge < -0.3 is 0 Å². The summed E-state index contributed by atoms with van der Waals surface area (Å²) in [7, 11) is 0. The van der Waals surface area contributed by atoms with Gasteiger partial charge in [0.15, 0.2) is 0 Å². The van der Waals surface area contributed by atoms with Gasteiger partial charge in [0.05, 0.1) is 12.0 Å². The predicted octanol–water partition coefficient (Wildman–Crippen LogP) is 4.40. The van der Waals surface area contributed by atoms with Gasteiger partial charge in [-0.15, -0.1) is 0 Å². The normalized spacial score (nSPS) is 18.8. The quantitative estimate of drug-likeness (QED) is 0.838. The Morgan fingerprint density at radius 3 is 2.64 bits per heavy atom. The first-order valence-corrected chi connectivity index (χ1v) is 8.03. The van der Waals surface area contributed by atoms with E-state index in [0.29, 0.717) is 0 Å². The average Bonchev–Trinajstić information content (AvgIpc) is 2.56. The summed E-state index contributed by atoms with van der Waals surface area (Å²) >= 11 is 0. The van der Waals surface area contributed by atoms with Crippen LogP contribution in [-0.4, -0.2) is 18.0 Å². The predicted molar refractivity (Wildman–Crippen MR) is 90.2 cm³/mol. The first kappa shape index (κ1) is 14.8. The van der Waals surface area contributed by atoms with E-state index in [1.807, 2.05) is 0 Å². The van der Waals surface area contributed by atoms with Crippen LogP contribution in [0.5, 0.6) is 0 Å². The molecule has 22 heavy (non-hydrogen) atoms. The standard InChI is InChI=1S/C20H22N2/c1-16-5-2-3-7-20(16)19-10-8-17(9-11-19)14-22-12-4-6-18(13-21)15-22/h2-3,5,7-11,18H,4,6,12,14-15H2,1H3/t18-/m1/s1. The highest BCUT2D eigenvalue weighted by Crippen LogP contribution is 2.24. The van der Waals surface area contributed by atoms with Crippen molar-refractivity contribution in [2.75, 3.05) is 13.1 Å². The number of benzene rings is 2. The number of hydrogen-bond donors (Lipinski definition) is 0. The molecule has 1 aliphatic heterocycles. The highest BCUT2D eigenvalue weighted by molar-refractivity contribution is 5.67. The largest absolute Gasteiger partial charge is 0.298 e. The zero-order valence-corrected chi connectivity index (χ0v) is 13.1. The maximum atomic E-state index is 9.09. The van der Waals surface area contributed by atoms with E-state index in [9.17, 15) is 0 Å². The maximum absolute atomic E-state index is 9.09. The van der Waals surface area contributed by atoms with Crippen LogP contribution >= 0.6 is 0 Å². The summed E-state index contributed by atoms with van der Waals surface area (Å²) in [6.07, 6.45) is 2.19. The van der Waals surface area contributed by atoms with E-state index in [1.54, 1.807) is 0 Å². The molecule has 3 rings (SSSR count). The Labute approximate surface area is 133 Å². The van der Waals surface area contributed by atoms with E-state index < -0.39 is 0 Å². The molecule has 0 aliphatic carbocycles. The minimum atomic E-state index is 0.208. The van der Waals surface area contributed by atoms with Crippen molar-refractivity contribution in [2.24, 2.45) is 5.92 Å². The van der Waals surface area contributed by atoms with Gasteiger partial charge in [0.2, 0.25) is 0 Å². The second kappa shape index (κ2) is 6.77. The summed E-state index contributed by atoms with van der Waals surface area (Å²) in [5.74, 6) is 0.208. The molecule has 1 heterocycles. The summed E-state index contributed by atoms with van der Waals surface area (Å²) in [6.45, 7) is 5.12. The van der Waals surface area contributed by atoms with Crippen molar-refractivity contribution in [1.82, 2.24) is 4.90 Å². The summed E-state index contributed by atoms with van der Waals surface area (Å²) in [5.41, 5.74) is 5.21. The molecule has 112 valence electrons. The molecule has 1 fully saturated rings. The van der Waals surface area contributed by atoms with Crippen LogP contribution in [0.4, 0.5) is 0 Å². The van der Waals surface area contributed by atoms with Crippen molar-refractivity contribution in [3.05, 3.63) is 59.7 Å². The topological polar surface area (TPSA) is 27.0 Å². The van der Waals surface area contributed by atoms with Gasteiger partial charge in [0.25, 0.3) is 0 Å². The molecular weight excluding hydrogens is 268 g/mol. The van der Waals surface area contributed by atoms with E-state index >= 15 is 0 Å². The van der Waals surface area contributed by atoms with Gasteiger partial charge in [-0.2, -0.15) is 5.26 Å². The zero-order chi connectivity index (χ0) is 15.4. The summed E-state index contributed by atoms with van der Waals surface area (Å²) in [5, 5.41) is 9.09. The molecule has 2 aromatic carbocycles. The Kier molecular flexibility index (Phi) is 4.56. The lowest BCUT2D eigenvalue weighted by atomic mass is 9.98. The first-order valence-electron chi connectivity index (χ1n) is 8.03. The molecule has 0 bridgehead atoms. The fraction of sp³-hybridized carbons (Fsp3) is 0.350. The third-order valence-electron chi connectivity index (χ3n) is 4.50. The maximum Gasteiger partial charge on any atom is 0.0669 e. The van der Waals surface area contributed by atoms with E-state index in [1.165, 1.54) is 22.3 Å². The van der Waals surface area contributed by atoms with Crippen LogP contribution in [0, 0.1) is 24.2 Å². The van der Waals surface area contributed by atoms with Gasteiger partial charge in [-0.3, -0.25) is 4.90 Å². The van der Waals surface area contributed by atoms with Crippen LogP contribution < -0.4 is 0 Å². The van der Waals surface area contributed by atoms with Gasteiger partial charge in [-0.25, -0.2) is 0 Å². The number of nitrogens with zero attached hydrogens (tertiary/aromatic N) is 2. The second-order valence-electron chi connectivity index (χ2n) is 6.22. The smallest absolute Gasteiger partial charge is 0.0669 e. The lowest BCUT2D eigenvalue weighted by Gasteiger charge is -2.29. The molecule has 0 radical (unpaired) electrons. The van der Waals surface area contributed by atoms with Gasteiger partial charge in [0, 0.05) is 13.1 Å². The van der Waals surface area contributed by atoms with Crippen molar-refractivity contribution < 1.29 is 0 Å². The van der Waals surface area contributed by atoms with Crippen LogP contribution in [-0.2, 0) is 6.54 Å². The monoisotopic (exact) mass is 290 g/mol. The van der Waals surface area contributed by atoms with E-state index in [4.69, 9.17) is 5.26 Å². The Hall–Kier alpha value is -2.11. The van der Waals surface area contributed by atoms with Gasteiger partial charge in [-0.1, -0.05) is 48.5 Å². The minimum absolute atomic E-state index is 0.208. The van der Waals surface area contributed by atoms with Crippen molar-refractivity contribution in [2.45, 2.75) is 26.3 Å². The van der Waals surface area contributed by atoms with Crippen molar-refractivity contribution in [1.29, 1.82) is 5.26 Å². The van der Waals surface area contributed by atoms with E-state index in [0.717, 1.165) is 32.5 Å². The molecule has 0 aromatic heterocycles. The average molecular weight is 290 g/mol. The Bertz CT molecular complexity index is 667. The molecule has 0 amide bonds.